The highest BCUT2D eigenvalue weighted by Crippen LogP contribution is 2.45. The fraction of sp³-hybridized carbons (Fsp3) is 0.368. The van der Waals surface area contributed by atoms with Crippen molar-refractivity contribution in [3.63, 3.8) is 0 Å². The van der Waals surface area contributed by atoms with Gasteiger partial charge in [-0.25, -0.2) is 0 Å². The van der Waals surface area contributed by atoms with E-state index < -0.39 is 6.10 Å². The van der Waals surface area contributed by atoms with Gasteiger partial charge in [-0.1, -0.05) is 56.3 Å². The lowest BCUT2D eigenvalue weighted by atomic mass is 9.89. The van der Waals surface area contributed by atoms with Crippen LogP contribution < -0.4 is 0 Å². The minimum atomic E-state index is -0.409. The number of benzene rings is 2. The summed E-state index contributed by atoms with van der Waals surface area (Å²) in [4.78, 5) is 1.32. The Balaban J connectivity index is 1.84. The first-order valence-electron chi connectivity index (χ1n) is 7.64. The maximum Gasteiger partial charge on any atom is 0.0867 e. The monoisotopic (exact) mass is 298 g/mol. The third kappa shape index (κ3) is 3.17. The van der Waals surface area contributed by atoms with Gasteiger partial charge < -0.3 is 5.11 Å². The highest BCUT2D eigenvalue weighted by atomic mass is 32.2. The van der Waals surface area contributed by atoms with E-state index in [4.69, 9.17) is 0 Å². The molecule has 2 aromatic carbocycles. The number of hydrogen-bond acceptors (Lipinski definition) is 2. The van der Waals surface area contributed by atoms with Crippen molar-refractivity contribution in [2.24, 2.45) is 5.92 Å². The van der Waals surface area contributed by atoms with Crippen molar-refractivity contribution in [3.05, 3.63) is 65.2 Å². The number of aliphatic hydroxyl groups excluding tert-OH is 1. The van der Waals surface area contributed by atoms with E-state index in [1.807, 2.05) is 11.8 Å². The van der Waals surface area contributed by atoms with Gasteiger partial charge in [-0.2, -0.15) is 0 Å². The fourth-order valence-electron chi connectivity index (χ4n) is 3.06. The van der Waals surface area contributed by atoms with Crippen molar-refractivity contribution in [3.8, 4) is 0 Å². The second-order valence-corrected chi connectivity index (χ2v) is 7.31. The Morgan fingerprint density at radius 1 is 1.14 bits per heavy atom. The van der Waals surface area contributed by atoms with Gasteiger partial charge in [-0.3, -0.25) is 0 Å². The lowest BCUT2D eigenvalue weighted by Gasteiger charge is -2.20. The Bertz CT molecular complexity index is 620. The van der Waals surface area contributed by atoms with Gasteiger partial charge in [-0.05, 0) is 35.1 Å². The molecule has 0 saturated carbocycles. The van der Waals surface area contributed by atoms with E-state index >= 15 is 0 Å². The Kier molecular flexibility index (Phi) is 4.37. The molecule has 0 saturated heterocycles. The number of thioether (sulfide) groups is 1. The Hall–Kier alpha value is -1.25. The molecule has 1 aliphatic rings. The average Bonchev–Trinajstić information content (AvgIpc) is 2.90. The van der Waals surface area contributed by atoms with E-state index in [-0.39, 0.29) is 5.92 Å². The highest BCUT2D eigenvalue weighted by Gasteiger charge is 2.29. The maximum atomic E-state index is 10.8. The molecule has 0 aromatic heterocycles. The minimum Gasteiger partial charge on any atom is -0.388 e. The molecule has 1 nitrogen and oxygen atoms in total. The van der Waals surface area contributed by atoms with Crippen molar-refractivity contribution in [1.29, 1.82) is 0 Å². The number of hydrogen-bond donors (Lipinski definition) is 1. The summed E-state index contributed by atoms with van der Waals surface area (Å²) < 4.78 is 0. The van der Waals surface area contributed by atoms with Gasteiger partial charge >= 0.3 is 0 Å². The molecule has 0 amide bonds. The zero-order valence-electron chi connectivity index (χ0n) is 12.6. The number of rotatable bonds is 4. The first kappa shape index (κ1) is 14.7. The minimum absolute atomic E-state index is 0.209. The van der Waals surface area contributed by atoms with E-state index in [1.54, 1.807) is 0 Å². The molecule has 21 heavy (non-hydrogen) atoms. The van der Waals surface area contributed by atoms with E-state index in [2.05, 4.69) is 62.4 Å². The maximum absolute atomic E-state index is 10.8. The smallest absolute Gasteiger partial charge is 0.0867 e. The van der Waals surface area contributed by atoms with Crippen molar-refractivity contribution in [2.45, 2.75) is 37.2 Å². The summed E-state index contributed by atoms with van der Waals surface area (Å²) in [5, 5.41) is 10.8. The molecule has 1 heterocycles. The summed E-state index contributed by atoms with van der Waals surface area (Å²) in [6.45, 7) is 4.46. The molecule has 2 unspecified atom stereocenters. The molecule has 0 fully saturated rings. The third-order valence-corrected chi connectivity index (χ3v) is 5.26. The molecule has 1 N–H and O–H groups in total. The summed E-state index contributed by atoms with van der Waals surface area (Å²) >= 11 is 1.85. The molecular weight excluding hydrogens is 276 g/mol. The number of aliphatic hydroxyl groups is 1. The molecule has 0 radical (unpaired) electrons. The van der Waals surface area contributed by atoms with E-state index in [0.29, 0.717) is 5.92 Å². The quantitative estimate of drug-likeness (QED) is 0.874. The van der Waals surface area contributed by atoms with Crippen LogP contribution in [0.3, 0.4) is 0 Å². The first-order valence-corrected chi connectivity index (χ1v) is 8.62. The topological polar surface area (TPSA) is 20.2 Å². The molecule has 0 bridgehead atoms. The summed E-state index contributed by atoms with van der Waals surface area (Å²) in [6.07, 6.45) is 0.657. The van der Waals surface area contributed by atoms with Gasteiger partial charge in [0.05, 0.1) is 6.10 Å². The standard InChI is InChI=1S/C19H22OS/c1-13(2)10-14-6-5-7-15(11-14)19(20)17-12-21-18-9-4-3-8-16(17)18/h3-9,11,13,17,19-20H,10,12H2,1-2H3. The second kappa shape index (κ2) is 6.25. The third-order valence-electron chi connectivity index (χ3n) is 4.05. The van der Waals surface area contributed by atoms with Gasteiger partial charge in [0.2, 0.25) is 0 Å². The zero-order chi connectivity index (χ0) is 14.8. The van der Waals surface area contributed by atoms with Gasteiger partial charge in [0.15, 0.2) is 0 Å². The summed E-state index contributed by atoms with van der Waals surface area (Å²) in [7, 11) is 0. The van der Waals surface area contributed by atoms with E-state index in [1.165, 1.54) is 16.0 Å². The van der Waals surface area contributed by atoms with Crippen molar-refractivity contribution in [2.75, 3.05) is 5.75 Å². The van der Waals surface area contributed by atoms with Gasteiger partial charge in [0.1, 0.15) is 0 Å². The molecule has 2 heteroatoms. The second-order valence-electron chi connectivity index (χ2n) is 6.24. The van der Waals surface area contributed by atoms with Crippen LogP contribution in [0.2, 0.25) is 0 Å². The molecule has 1 aliphatic heterocycles. The van der Waals surface area contributed by atoms with Crippen LogP contribution in [-0.4, -0.2) is 10.9 Å². The Labute approximate surface area is 131 Å². The normalized spacial score (nSPS) is 18.8. The van der Waals surface area contributed by atoms with E-state index in [9.17, 15) is 5.11 Å². The van der Waals surface area contributed by atoms with Gasteiger partial charge in [-0.15, -0.1) is 11.8 Å². The molecule has 110 valence electrons. The zero-order valence-corrected chi connectivity index (χ0v) is 13.4. The van der Waals surface area contributed by atoms with Crippen molar-refractivity contribution in [1.82, 2.24) is 0 Å². The van der Waals surface area contributed by atoms with Crippen LogP contribution in [0.4, 0.5) is 0 Å². The van der Waals surface area contributed by atoms with Gasteiger partial charge in [0, 0.05) is 16.6 Å². The van der Waals surface area contributed by atoms with Gasteiger partial charge in [0.25, 0.3) is 0 Å². The molecule has 2 atom stereocenters. The number of fused-ring (bicyclic) bond motifs is 1. The molecule has 3 rings (SSSR count). The average molecular weight is 298 g/mol. The van der Waals surface area contributed by atoms with Crippen LogP contribution >= 0.6 is 11.8 Å². The Morgan fingerprint density at radius 2 is 1.95 bits per heavy atom. The molecule has 0 aliphatic carbocycles. The Morgan fingerprint density at radius 3 is 2.76 bits per heavy atom. The van der Waals surface area contributed by atoms with Crippen molar-refractivity contribution >= 4 is 11.8 Å². The van der Waals surface area contributed by atoms with Crippen LogP contribution in [0, 0.1) is 5.92 Å². The van der Waals surface area contributed by atoms with E-state index in [0.717, 1.165) is 17.7 Å². The lowest BCUT2D eigenvalue weighted by Crippen LogP contribution is -2.11. The predicted molar refractivity (Wildman–Crippen MR) is 89.9 cm³/mol. The summed E-state index contributed by atoms with van der Waals surface area (Å²) in [6, 6.07) is 16.9. The SMILES string of the molecule is CC(C)Cc1cccc(C(O)C2CSc3ccccc32)c1. The first-order chi connectivity index (χ1) is 10.1. The summed E-state index contributed by atoms with van der Waals surface area (Å²) in [5.41, 5.74) is 3.67. The van der Waals surface area contributed by atoms with Crippen LogP contribution in [0.15, 0.2) is 53.4 Å². The molecule has 2 aromatic rings. The summed E-state index contributed by atoms with van der Waals surface area (Å²) in [5.74, 6) is 1.82. The van der Waals surface area contributed by atoms with Crippen LogP contribution in [0.25, 0.3) is 0 Å². The largest absolute Gasteiger partial charge is 0.388 e. The van der Waals surface area contributed by atoms with Crippen LogP contribution in [0.5, 0.6) is 0 Å². The highest BCUT2D eigenvalue weighted by molar-refractivity contribution is 7.99. The van der Waals surface area contributed by atoms with Crippen molar-refractivity contribution < 1.29 is 5.11 Å². The lowest BCUT2D eigenvalue weighted by molar-refractivity contribution is 0.153. The van der Waals surface area contributed by atoms with Crippen LogP contribution in [-0.2, 0) is 6.42 Å². The molecular formula is C19H22OS. The fourth-order valence-corrected chi connectivity index (χ4v) is 4.34. The molecule has 0 spiro atoms. The predicted octanol–water partition coefficient (Wildman–Crippen LogP) is 4.81. The van der Waals surface area contributed by atoms with Crippen LogP contribution in [0.1, 0.15) is 42.6 Å².